The highest BCUT2D eigenvalue weighted by Gasteiger charge is 2.24. The first-order chi connectivity index (χ1) is 6.77. The minimum Gasteiger partial charge on any atom is -0.373 e. The Morgan fingerprint density at radius 1 is 1.79 bits per heavy atom. The molecule has 1 aliphatic rings. The summed E-state index contributed by atoms with van der Waals surface area (Å²) in [5.74, 6) is 0.902. The Labute approximate surface area is 83.3 Å². The molecule has 0 amide bonds. The van der Waals surface area contributed by atoms with Crippen LogP contribution in [0.4, 0.5) is 5.95 Å². The van der Waals surface area contributed by atoms with Crippen LogP contribution in [0.1, 0.15) is 6.92 Å². The van der Waals surface area contributed by atoms with Gasteiger partial charge in [0.15, 0.2) is 0 Å². The van der Waals surface area contributed by atoms with Crippen LogP contribution in [0.5, 0.6) is 0 Å². The molecule has 1 aromatic heterocycles. The van der Waals surface area contributed by atoms with Crippen LogP contribution in [0.3, 0.4) is 0 Å². The Kier molecular flexibility index (Phi) is 2.69. The van der Waals surface area contributed by atoms with E-state index >= 15 is 0 Å². The molecule has 1 aromatic rings. The number of morpholine rings is 1. The molecule has 3 N–H and O–H groups in total. The van der Waals surface area contributed by atoms with Crippen molar-refractivity contribution in [1.82, 2.24) is 9.97 Å². The first-order valence-electron chi connectivity index (χ1n) is 4.89. The van der Waals surface area contributed by atoms with Gasteiger partial charge >= 0.3 is 0 Å². The summed E-state index contributed by atoms with van der Waals surface area (Å²) in [5.41, 5.74) is 5.80. The molecule has 0 spiro atoms. The number of aromatic nitrogens is 2. The van der Waals surface area contributed by atoms with Gasteiger partial charge in [0.2, 0.25) is 5.95 Å². The number of hydrogen-bond donors (Lipinski definition) is 2. The second-order valence-corrected chi connectivity index (χ2v) is 3.63. The van der Waals surface area contributed by atoms with Crippen LogP contribution in [0.15, 0.2) is 12.4 Å². The molecule has 0 aliphatic carbocycles. The van der Waals surface area contributed by atoms with Crippen LogP contribution in [-0.4, -0.2) is 41.8 Å². The number of nitrogens with zero attached hydrogens (tertiary/aromatic N) is 2. The predicted molar refractivity (Wildman–Crippen MR) is 54.2 cm³/mol. The van der Waals surface area contributed by atoms with Gasteiger partial charge in [-0.1, -0.05) is 0 Å². The van der Waals surface area contributed by atoms with Crippen molar-refractivity contribution in [2.45, 2.75) is 19.1 Å². The number of nitrogens with one attached hydrogen (secondary N) is 1. The van der Waals surface area contributed by atoms with Crippen LogP contribution in [-0.2, 0) is 4.74 Å². The van der Waals surface area contributed by atoms with Gasteiger partial charge in [0.1, 0.15) is 0 Å². The minimum atomic E-state index is 0.0627. The lowest BCUT2D eigenvalue weighted by atomic mass is 10.1. The summed E-state index contributed by atoms with van der Waals surface area (Å²) < 4.78 is 5.56. The number of rotatable bonds is 2. The SMILES string of the molecule is CC(N)C1CN(c2ncc[nH]2)CCO1. The lowest BCUT2D eigenvalue weighted by Gasteiger charge is -2.34. The molecule has 1 aliphatic heterocycles. The maximum atomic E-state index is 5.80. The summed E-state index contributed by atoms with van der Waals surface area (Å²) in [6.45, 7) is 4.37. The molecule has 2 rings (SSSR count). The fourth-order valence-corrected chi connectivity index (χ4v) is 1.62. The van der Waals surface area contributed by atoms with Crippen LogP contribution in [0.2, 0.25) is 0 Å². The molecule has 0 aromatic carbocycles. The summed E-state index contributed by atoms with van der Waals surface area (Å²) in [6, 6.07) is 0.0627. The molecule has 1 saturated heterocycles. The zero-order chi connectivity index (χ0) is 9.97. The van der Waals surface area contributed by atoms with E-state index in [0.717, 1.165) is 19.0 Å². The van der Waals surface area contributed by atoms with Crippen molar-refractivity contribution in [3.63, 3.8) is 0 Å². The average molecular weight is 196 g/mol. The lowest BCUT2D eigenvalue weighted by Crippen LogP contribution is -2.49. The van der Waals surface area contributed by atoms with Crippen molar-refractivity contribution >= 4 is 5.95 Å². The van der Waals surface area contributed by atoms with E-state index in [1.165, 1.54) is 0 Å². The molecule has 0 bridgehead atoms. The van der Waals surface area contributed by atoms with Gasteiger partial charge in [0.05, 0.1) is 12.7 Å². The number of aromatic amines is 1. The fourth-order valence-electron chi connectivity index (χ4n) is 1.62. The Hall–Kier alpha value is -1.07. The number of anilines is 1. The topological polar surface area (TPSA) is 67.2 Å². The summed E-state index contributed by atoms with van der Waals surface area (Å²) in [4.78, 5) is 9.46. The fraction of sp³-hybridized carbons (Fsp3) is 0.667. The van der Waals surface area contributed by atoms with Gasteiger partial charge in [0, 0.05) is 31.5 Å². The maximum Gasteiger partial charge on any atom is 0.202 e. The summed E-state index contributed by atoms with van der Waals surface area (Å²) in [6.07, 6.45) is 3.69. The Balaban J connectivity index is 2.01. The van der Waals surface area contributed by atoms with Crippen molar-refractivity contribution in [1.29, 1.82) is 0 Å². The summed E-state index contributed by atoms with van der Waals surface area (Å²) in [7, 11) is 0. The first kappa shape index (κ1) is 9.48. The minimum absolute atomic E-state index is 0.0627. The van der Waals surface area contributed by atoms with E-state index in [9.17, 15) is 0 Å². The third-order valence-corrected chi connectivity index (χ3v) is 2.46. The quantitative estimate of drug-likeness (QED) is 0.696. The Morgan fingerprint density at radius 3 is 3.29 bits per heavy atom. The largest absolute Gasteiger partial charge is 0.373 e. The Morgan fingerprint density at radius 2 is 2.64 bits per heavy atom. The Bertz CT molecular complexity index is 272. The molecule has 5 heteroatoms. The number of imidazole rings is 1. The average Bonchev–Trinajstić information content (AvgIpc) is 2.71. The number of ether oxygens (including phenoxy) is 1. The normalized spacial score (nSPS) is 25.0. The zero-order valence-corrected chi connectivity index (χ0v) is 8.31. The highest BCUT2D eigenvalue weighted by Crippen LogP contribution is 2.13. The van der Waals surface area contributed by atoms with Crippen LogP contribution >= 0.6 is 0 Å². The second-order valence-electron chi connectivity index (χ2n) is 3.63. The van der Waals surface area contributed by atoms with E-state index < -0.39 is 0 Å². The number of hydrogen-bond acceptors (Lipinski definition) is 4. The third-order valence-electron chi connectivity index (χ3n) is 2.46. The van der Waals surface area contributed by atoms with E-state index in [1.807, 2.05) is 13.1 Å². The summed E-state index contributed by atoms with van der Waals surface area (Å²) >= 11 is 0. The van der Waals surface area contributed by atoms with Gasteiger partial charge in [-0.05, 0) is 6.92 Å². The van der Waals surface area contributed by atoms with E-state index in [-0.39, 0.29) is 12.1 Å². The lowest BCUT2D eigenvalue weighted by molar-refractivity contribution is 0.0271. The first-order valence-corrected chi connectivity index (χ1v) is 4.89. The number of nitrogens with two attached hydrogens (primary N) is 1. The van der Waals surface area contributed by atoms with E-state index in [4.69, 9.17) is 10.5 Å². The summed E-state index contributed by atoms with van der Waals surface area (Å²) in [5, 5.41) is 0. The smallest absolute Gasteiger partial charge is 0.202 e. The van der Waals surface area contributed by atoms with Crippen LogP contribution < -0.4 is 10.6 Å². The highest BCUT2D eigenvalue weighted by atomic mass is 16.5. The van der Waals surface area contributed by atoms with Gasteiger partial charge < -0.3 is 20.4 Å². The van der Waals surface area contributed by atoms with Crippen molar-refractivity contribution in [2.24, 2.45) is 5.73 Å². The highest BCUT2D eigenvalue weighted by molar-refractivity contribution is 5.29. The van der Waals surface area contributed by atoms with Crippen molar-refractivity contribution in [3.8, 4) is 0 Å². The van der Waals surface area contributed by atoms with Crippen LogP contribution in [0.25, 0.3) is 0 Å². The van der Waals surface area contributed by atoms with Crippen LogP contribution in [0, 0.1) is 0 Å². The second kappa shape index (κ2) is 3.98. The van der Waals surface area contributed by atoms with Crippen molar-refractivity contribution in [3.05, 3.63) is 12.4 Å². The molecule has 0 radical (unpaired) electrons. The van der Waals surface area contributed by atoms with Crippen molar-refractivity contribution < 1.29 is 4.74 Å². The van der Waals surface area contributed by atoms with Crippen molar-refractivity contribution in [2.75, 3.05) is 24.6 Å². The zero-order valence-electron chi connectivity index (χ0n) is 8.31. The van der Waals surface area contributed by atoms with Gasteiger partial charge in [-0.2, -0.15) is 0 Å². The van der Waals surface area contributed by atoms with E-state index in [2.05, 4.69) is 14.9 Å². The van der Waals surface area contributed by atoms with Gasteiger partial charge in [-0.3, -0.25) is 0 Å². The van der Waals surface area contributed by atoms with E-state index in [1.54, 1.807) is 6.20 Å². The predicted octanol–water partition coefficient (Wildman–Crippen LogP) is -0.0379. The molecule has 78 valence electrons. The van der Waals surface area contributed by atoms with Gasteiger partial charge in [0.25, 0.3) is 0 Å². The maximum absolute atomic E-state index is 5.80. The molecule has 1 fully saturated rings. The molecule has 2 unspecified atom stereocenters. The molecular formula is C9H16N4O. The monoisotopic (exact) mass is 196 g/mol. The van der Waals surface area contributed by atoms with Gasteiger partial charge in [-0.15, -0.1) is 0 Å². The number of H-pyrrole nitrogens is 1. The molecule has 2 atom stereocenters. The standard InChI is InChI=1S/C9H16N4O/c1-7(10)8-6-13(4-5-14-8)9-11-2-3-12-9/h2-3,7-8H,4-6,10H2,1H3,(H,11,12). The molecule has 0 saturated carbocycles. The van der Waals surface area contributed by atoms with E-state index in [0.29, 0.717) is 6.61 Å². The molecule has 5 nitrogen and oxygen atoms in total. The molecular weight excluding hydrogens is 180 g/mol. The third kappa shape index (κ3) is 1.88. The molecule has 2 heterocycles. The molecule has 14 heavy (non-hydrogen) atoms. The van der Waals surface area contributed by atoms with Gasteiger partial charge in [-0.25, -0.2) is 4.98 Å².